The van der Waals surface area contributed by atoms with Crippen LogP contribution in [0.25, 0.3) is 11.3 Å². The van der Waals surface area contributed by atoms with Gasteiger partial charge in [-0.3, -0.25) is 4.79 Å². The molecule has 3 rings (SSSR count). The molecule has 2 N–H and O–H groups in total. The van der Waals surface area contributed by atoms with E-state index in [-0.39, 0.29) is 11.9 Å². The zero-order valence-corrected chi connectivity index (χ0v) is 13.1. The molecule has 1 aromatic heterocycles. The molecule has 1 atom stereocenters. The molecule has 0 bridgehead atoms. The Morgan fingerprint density at radius 2 is 2.29 bits per heavy atom. The number of carbonyl (C=O) groups excluding carboxylic acids is 1. The van der Waals surface area contributed by atoms with Crippen molar-refractivity contribution in [1.29, 1.82) is 0 Å². The third-order valence-corrected chi connectivity index (χ3v) is 4.53. The van der Waals surface area contributed by atoms with Gasteiger partial charge in [0.2, 0.25) is 5.91 Å². The molecule has 1 unspecified atom stereocenters. The van der Waals surface area contributed by atoms with E-state index in [0.29, 0.717) is 5.13 Å². The van der Waals surface area contributed by atoms with Gasteiger partial charge in [0.15, 0.2) is 5.13 Å². The van der Waals surface area contributed by atoms with Crippen molar-refractivity contribution in [1.82, 2.24) is 10.3 Å². The quantitative estimate of drug-likeness (QED) is 0.916. The molecule has 0 saturated carbocycles. The first-order chi connectivity index (χ1) is 10.1. The standard InChI is InChI=1S/C16H19N3OS/c1-10-5-6-12(11(2)8-10)14-9-21-16(18-14)19-15(20)13-4-3-7-17-13/h5-6,8-9,13,17H,3-4,7H2,1-2H3,(H,18,19,20). The summed E-state index contributed by atoms with van der Waals surface area (Å²) in [7, 11) is 0. The summed E-state index contributed by atoms with van der Waals surface area (Å²) in [5.41, 5.74) is 4.49. The predicted molar refractivity (Wildman–Crippen MR) is 86.7 cm³/mol. The van der Waals surface area contributed by atoms with E-state index in [9.17, 15) is 4.79 Å². The normalized spacial score (nSPS) is 17.9. The highest BCUT2D eigenvalue weighted by Crippen LogP contribution is 2.28. The Balaban J connectivity index is 1.75. The lowest BCUT2D eigenvalue weighted by molar-refractivity contribution is -0.117. The van der Waals surface area contributed by atoms with Gasteiger partial charge >= 0.3 is 0 Å². The molecular weight excluding hydrogens is 282 g/mol. The lowest BCUT2D eigenvalue weighted by atomic mass is 10.0. The van der Waals surface area contributed by atoms with E-state index in [1.165, 1.54) is 22.5 Å². The molecule has 1 aliphatic heterocycles. The van der Waals surface area contributed by atoms with Gasteiger partial charge in [0.05, 0.1) is 11.7 Å². The van der Waals surface area contributed by atoms with Gasteiger partial charge in [-0.15, -0.1) is 11.3 Å². The van der Waals surface area contributed by atoms with Crippen molar-refractivity contribution >= 4 is 22.4 Å². The van der Waals surface area contributed by atoms with Gasteiger partial charge in [-0.05, 0) is 38.8 Å². The summed E-state index contributed by atoms with van der Waals surface area (Å²) in [5, 5.41) is 8.77. The summed E-state index contributed by atoms with van der Waals surface area (Å²) in [6, 6.07) is 6.25. The lowest BCUT2D eigenvalue weighted by Crippen LogP contribution is -2.35. The van der Waals surface area contributed by atoms with Gasteiger partial charge in [-0.2, -0.15) is 0 Å². The second-order valence-corrected chi connectivity index (χ2v) is 6.35. The van der Waals surface area contributed by atoms with Gasteiger partial charge in [0.25, 0.3) is 0 Å². The number of nitrogens with one attached hydrogen (secondary N) is 2. The third kappa shape index (κ3) is 3.14. The molecule has 1 amide bonds. The maximum Gasteiger partial charge on any atom is 0.243 e. The minimum absolute atomic E-state index is 0.0222. The minimum Gasteiger partial charge on any atom is -0.306 e. The predicted octanol–water partition coefficient (Wildman–Crippen LogP) is 3.12. The fraction of sp³-hybridized carbons (Fsp3) is 0.375. The summed E-state index contributed by atoms with van der Waals surface area (Å²) in [6.45, 7) is 5.09. The van der Waals surface area contributed by atoms with Crippen LogP contribution in [0.15, 0.2) is 23.6 Å². The van der Waals surface area contributed by atoms with E-state index >= 15 is 0 Å². The second-order valence-electron chi connectivity index (χ2n) is 5.49. The molecular formula is C16H19N3OS. The smallest absolute Gasteiger partial charge is 0.243 e. The Kier molecular flexibility index (Phi) is 4.03. The molecule has 0 spiro atoms. The summed E-state index contributed by atoms with van der Waals surface area (Å²) < 4.78 is 0. The molecule has 0 radical (unpaired) electrons. The molecule has 1 saturated heterocycles. The monoisotopic (exact) mass is 301 g/mol. The third-order valence-electron chi connectivity index (χ3n) is 3.77. The molecule has 2 aromatic rings. The first-order valence-corrected chi connectivity index (χ1v) is 8.09. The Morgan fingerprint density at radius 1 is 1.43 bits per heavy atom. The van der Waals surface area contributed by atoms with Crippen LogP contribution in [0.2, 0.25) is 0 Å². The molecule has 110 valence electrons. The van der Waals surface area contributed by atoms with Crippen LogP contribution >= 0.6 is 11.3 Å². The van der Waals surface area contributed by atoms with Gasteiger partial charge in [-0.25, -0.2) is 4.98 Å². The van der Waals surface area contributed by atoms with E-state index in [2.05, 4.69) is 47.7 Å². The van der Waals surface area contributed by atoms with Gasteiger partial charge in [-0.1, -0.05) is 23.8 Å². The zero-order chi connectivity index (χ0) is 14.8. The highest BCUT2D eigenvalue weighted by Gasteiger charge is 2.22. The second kappa shape index (κ2) is 5.95. The Bertz CT molecular complexity index is 659. The number of nitrogens with zero attached hydrogens (tertiary/aromatic N) is 1. The molecule has 1 fully saturated rings. The Hall–Kier alpha value is -1.72. The first-order valence-electron chi connectivity index (χ1n) is 7.21. The van der Waals surface area contributed by atoms with Crippen molar-refractivity contribution < 1.29 is 4.79 Å². The van der Waals surface area contributed by atoms with Crippen molar-refractivity contribution in [2.45, 2.75) is 32.7 Å². The SMILES string of the molecule is Cc1ccc(-c2csc(NC(=O)C3CCCN3)n2)c(C)c1. The van der Waals surface area contributed by atoms with E-state index < -0.39 is 0 Å². The van der Waals surface area contributed by atoms with E-state index in [0.717, 1.165) is 30.6 Å². The lowest BCUT2D eigenvalue weighted by Gasteiger charge is -2.08. The number of amides is 1. The molecule has 1 aromatic carbocycles. The molecule has 5 heteroatoms. The van der Waals surface area contributed by atoms with Gasteiger partial charge < -0.3 is 10.6 Å². The van der Waals surface area contributed by atoms with Gasteiger partial charge in [0, 0.05) is 10.9 Å². The number of aryl methyl sites for hydroxylation is 2. The molecule has 2 heterocycles. The van der Waals surface area contributed by atoms with E-state index in [4.69, 9.17) is 0 Å². The van der Waals surface area contributed by atoms with E-state index in [1.807, 2.05) is 5.38 Å². The van der Waals surface area contributed by atoms with Crippen molar-refractivity contribution in [2.75, 3.05) is 11.9 Å². The van der Waals surface area contributed by atoms with Crippen molar-refractivity contribution in [2.24, 2.45) is 0 Å². The maximum atomic E-state index is 12.1. The topological polar surface area (TPSA) is 54.0 Å². The van der Waals surface area contributed by atoms with Crippen molar-refractivity contribution in [3.63, 3.8) is 0 Å². The van der Waals surface area contributed by atoms with Crippen LogP contribution in [0.3, 0.4) is 0 Å². The Labute approximate surface area is 128 Å². The average molecular weight is 301 g/mol. The number of thiazole rings is 1. The van der Waals surface area contributed by atoms with Crippen LogP contribution in [0.1, 0.15) is 24.0 Å². The number of benzene rings is 1. The summed E-state index contributed by atoms with van der Waals surface area (Å²) >= 11 is 1.47. The van der Waals surface area contributed by atoms with Crippen LogP contribution in [0.5, 0.6) is 0 Å². The first kappa shape index (κ1) is 14.2. The number of hydrogen-bond acceptors (Lipinski definition) is 4. The van der Waals surface area contributed by atoms with Crippen molar-refractivity contribution in [3.8, 4) is 11.3 Å². The highest BCUT2D eigenvalue weighted by molar-refractivity contribution is 7.14. The fourth-order valence-corrected chi connectivity index (χ4v) is 3.37. The van der Waals surface area contributed by atoms with Crippen LogP contribution < -0.4 is 10.6 Å². The van der Waals surface area contributed by atoms with Crippen LogP contribution in [0, 0.1) is 13.8 Å². The fourth-order valence-electron chi connectivity index (χ4n) is 2.66. The number of aromatic nitrogens is 1. The number of hydrogen-bond donors (Lipinski definition) is 2. The molecule has 1 aliphatic rings. The van der Waals surface area contributed by atoms with Gasteiger partial charge in [0.1, 0.15) is 0 Å². The summed E-state index contributed by atoms with van der Waals surface area (Å²) in [5.74, 6) is 0.0222. The van der Waals surface area contributed by atoms with Crippen LogP contribution in [-0.4, -0.2) is 23.5 Å². The largest absolute Gasteiger partial charge is 0.306 e. The van der Waals surface area contributed by atoms with Crippen LogP contribution in [-0.2, 0) is 4.79 Å². The summed E-state index contributed by atoms with van der Waals surface area (Å²) in [6.07, 6.45) is 1.96. The number of anilines is 1. The molecule has 0 aliphatic carbocycles. The number of rotatable bonds is 3. The minimum atomic E-state index is -0.0709. The average Bonchev–Trinajstić information content (AvgIpc) is 3.09. The maximum absolute atomic E-state index is 12.1. The number of carbonyl (C=O) groups is 1. The molecule has 4 nitrogen and oxygen atoms in total. The highest BCUT2D eigenvalue weighted by atomic mass is 32.1. The zero-order valence-electron chi connectivity index (χ0n) is 12.3. The van der Waals surface area contributed by atoms with E-state index in [1.54, 1.807) is 0 Å². The van der Waals surface area contributed by atoms with Crippen molar-refractivity contribution in [3.05, 3.63) is 34.7 Å². The van der Waals surface area contributed by atoms with Crippen LogP contribution in [0.4, 0.5) is 5.13 Å². The molecule has 21 heavy (non-hydrogen) atoms. The Morgan fingerprint density at radius 3 is 3.00 bits per heavy atom. The summed E-state index contributed by atoms with van der Waals surface area (Å²) in [4.78, 5) is 16.6.